The molecule has 0 radical (unpaired) electrons. The molecule has 2 fully saturated rings. The molecule has 0 saturated carbocycles. The van der Waals surface area contributed by atoms with Crippen LogP contribution < -0.4 is 4.31 Å². The molecule has 27 heavy (non-hydrogen) atoms. The summed E-state index contributed by atoms with van der Waals surface area (Å²) >= 11 is 6.23. The van der Waals surface area contributed by atoms with Crippen molar-refractivity contribution in [1.29, 1.82) is 0 Å². The van der Waals surface area contributed by atoms with Gasteiger partial charge < -0.3 is 9.64 Å². The second kappa shape index (κ2) is 8.06. The number of hydrogen-bond donors (Lipinski definition) is 0. The largest absolute Gasteiger partial charge is 0.469 e. The van der Waals surface area contributed by atoms with Gasteiger partial charge in [-0.1, -0.05) is 11.6 Å². The van der Waals surface area contributed by atoms with Crippen LogP contribution in [0.5, 0.6) is 0 Å². The van der Waals surface area contributed by atoms with Crippen LogP contribution in [0.2, 0.25) is 5.02 Å². The van der Waals surface area contributed by atoms with Gasteiger partial charge in [0.2, 0.25) is 10.0 Å². The Labute approximate surface area is 164 Å². The first kappa shape index (κ1) is 19.9. The highest BCUT2D eigenvalue weighted by atomic mass is 35.5. The van der Waals surface area contributed by atoms with E-state index in [-0.39, 0.29) is 23.5 Å². The molecule has 2 heterocycles. The summed E-state index contributed by atoms with van der Waals surface area (Å²) in [6.07, 6.45) is 2.50. The molecule has 9 heteroatoms. The quantitative estimate of drug-likeness (QED) is 0.708. The minimum absolute atomic E-state index is 0.0859. The van der Waals surface area contributed by atoms with E-state index < -0.39 is 10.0 Å². The smallest absolute Gasteiger partial charge is 0.308 e. The number of likely N-dealkylation sites (tertiary alicyclic amines) is 1. The lowest BCUT2D eigenvalue weighted by Crippen LogP contribution is -2.41. The van der Waals surface area contributed by atoms with Gasteiger partial charge in [0.25, 0.3) is 5.91 Å². The van der Waals surface area contributed by atoms with Crippen molar-refractivity contribution < 1.29 is 22.7 Å². The van der Waals surface area contributed by atoms with E-state index in [9.17, 15) is 18.0 Å². The van der Waals surface area contributed by atoms with Gasteiger partial charge in [0.1, 0.15) is 0 Å². The van der Waals surface area contributed by atoms with E-state index in [1.807, 2.05) is 0 Å². The molecule has 1 aromatic carbocycles. The lowest BCUT2D eigenvalue weighted by Gasteiger charge is -2.32. The summed E-state index contributed by atoms with van der Waals surface area (Å²) in [5.74, 6) is -0.530. The zero-order chi connectivity index (χ0) is 19.6. The van der Waals surface area contributed by atoms with Gasteiger partial charge >= 0.3 is 5.97 Å². The summed E-state index contributed by atoms with van der Waals surface area (Å²) in [5, 5.41) is 0.307. The van der Waals surface area contributed by atoms with E-state index in [2.05, 4.69) is 0 Å². The van der Waals surface area contributed by atoms with Crippen LogP contribution in [-0.2, 0) is 19.6 Å². The second-order valence-corrected chi connectivity index (χ2v) is 9.27. The number of benzene rings is 1. The Balaban J connectivity index is 1.78. The fourth-order valence-electron chi connectivity index (χ4n) is 3.56. The molecular formula is C18H23ClN2O5S. The third kappa shape index (κ3) is 4.21. The predicted octanol–water partition coefficient (Wildman–Crippen LogP) is 2.30. The first-order valence-corrected chi connectivity index (χ1v) is 11.0. The van der Waals surface area contributed by atoms with Crippen molar-refractivity contribution >= 4 is 39.2 Å². The summed E-state index contributed by atoms with van der Waals surface area (Å²) in [4.78, 5) is 26.2. The number of hydrogen-bond acceptors (Lipinski definition) is 5. The third-order valence-corrected chi connectivity index (χ3v) is 7.30. The average molecular weight is 415 g/mol. The van der Waals surface area contributed by atoms with Crippen LogP contribution in [0.1, 0.15) is 36.0 Å². The Kier molecular flexibility index (Phi) is 5.95. The highest BCUT2D eigenvalue weighted by Crippen LogP contribution is 2.32. The van der Waals surface area contributed by atoms with E-state index in [0.717, 1.165) is 6.42 Å². The number of methoxy groups -OCH3 is 1. The van der Waals surface area contributed by atoms with Crippen LogP contribution in [0.3, 0.4) is 0 Å². The van der Waals surface area contributed by atoms with Gasteiger partial charge in [-0.05, 0) is 43.9 Å². The van der Waals surface area contributed by atoms with Crippen molar-refractivity contribution in [3.8, 4) is 0 Å². The molecule has 7 nitrogen and oxygen atoms in total. The second-order valence-electron chi connectivity index (χ2n) is 6.85. The van der Waals surface area contributed by atoms with Crippen molar-refractivity contribution in [1.82, 2.24) is 4.90 Å². The fraction of sp³-hybridized carbons (Fsp3) is 0.556. The number of esters is 1. The number of sulfonamides is 1. The molecule has 2 aliphatic rings. The summed E-state index contributed by atoms with van der Waals surface area (Å²) in [6, 6.07) is 4.73. The molecule has 0 unspecified atom stereocenters. The number of anilines is 1. The third-order valence-electron chi connectivity index (χ3n) is 5.13. The molecule has 1 aromatic rings. The van der Waals surface area contributed by atoms with Crippen molar-refractivity contribution in [2.24, 2.45) is 5.92 Å². The maximum absolute atomic E-state index is 12.9. The van der Waals surface area contributed by atoms with Gasteiger partial charge in [-0.25, -0.2) is 8.42 Å². The molecule has 3 rings (SSSR count). The summed E-state index contributed by atoms with van der Waals surface area (Å²) in [7, 11) is -2.05. The molecule has 1 amide bonds. The van der Waals surface area contributed by atoms with Gasteiger partial charge in [0.05, 0.1) is 29.5 Å². The van der Waals surface area contributed by atoms with Gasteiger partial charge in [0.15, 0.2) is 0 Å². The zero-order valence-corrected chi connectivity index (χ0v) is 16.8. The Morgan fingerprint density at radius 2 is 1.85 bits per heavy atom. The number of nitrogens with zero attached hydrogens (tertiary/aromatic N) is 2. The Hall–Kier alpha value is -1.80. The first-order valence-electron chi connectivity index (χ1n) is 9.00. The first-order chi connectivity index (χ1) is 12.8. The molecule has 0 atom stereocenters. The van der Waals surface area contributed by atoms with Crippen molar-refractivity contribution in [2.45, 2.75) is 25.7 Å². The number of carbonyl (C=O) groups is 2. The van der Waals surface area contributed by atoms with Crippen molar-refractivity contribution in [2.75, 3.05) is 36.8 Å². The molecule has 0 aromatic heterocycles. The number of carbonyl (C=O) groups excluding carboxylic acids is 2. The molecule has 0 spiro atoms. The van der Waals surface area contributed by atoms with Crippen molar-refractivity contribution in [3.63, 3.8) is 0 Å². The van der Waals surface area contributed by atoms with E-state index in [1.54, 1.807) is 23.1 Å². The Bertz CT molecular complexity index is 834. The number of piperidine rings is 1. The van der Waals surface area contributed by atoms with E-state index in [1.165, 1.54) is 11.4 Å². The topological polar surface area (TPSA) is 84.0 Å². The lowest BCUT2D eigenvalue weighted by molar-refractivity contribution is -0.146. The fourth-order valence-corrected chi connectivity index (χ4v) is 5.48. The SMILES string of the molecule is COC(=O)C1CCN(C(=O)c2ccc(Cl)c(N3CCCCS3(=O)=O)c2)CC1. The zero-order valence-electron chi connectivity index (χ0n) is 15.2. The molecule has 148 valence electrons. The van der Waals surface area contributed by atoms with Gasteiger partial charge in [-0.15, -0.1) is 0 Å². The number of rotatable bonds is 3. The van der Waals surface area contributed by atoms with Crippen LogP contribution in [0.25, 0.3) is 0 Å². The van der Waals surface area contributed by atoms with Crippen LogP contribution in [0, 0.1) is 5.92 Å². The number of amides is 1. The minimum Gasteiger partial charge on any atom is -0.469 e. The highest BCUT2D eigenvalue weighted by molar-refractivity contribution is 7.92. The average Bonchev–Trinajstić information content (AvgIpc) is 2.67. The van der Waals surface area contributed by atoms with Crippen LogP contribution >= 0.6 is 11.6 Å². The predicted molar refractivity (Wildman–Crippen MR) is 102 cm³/mol. The monoisotopic (exact) mass is 414 g/mol. The molecule has 2 aliphatic heterocycles. The maximum atomic E-state index is 12.9. The summed E-state index contributed by atoms with van der Waals surface area (Å²) in [6.45, 7) is 1.28. The standard InChI is InChI=1S/C18H23ClN2O5S/c1-26-18(23)13-6-9-20(10-7-13)17(22)14-4-5-15(19)16(12-14)21-8-2-3-11-27(21,24)25/h4-5,12-13H,2-3,6-11H2,1H3. The van der Waals surface area contributed by atoms with Gasteiger partial charge in [0, 0.05) is 25.2 Å². The molecular weight excluding hydrogens is 392 g/mol. The minimum atomic E-state index is -3.41. The van der Waals surface area contributed by atoms with E-state index in [0.29, 0.717) is 55.2 Å². The molecule has 0 N–H and O–H groups in total. The van der Waals surface area contributed by atoms with Crippen molar-refractivity contribution in [3.05, 3.63) is 28.8 Å². The summed E-state index contributed by atoms with van der Waals surface area (Å²) < 4.78 is 30.8. The Morgan fingerprint density at radius 3 is 2.48 bits per heavy atom. The van der Waals surface area contributed by atoms with E-state index in [4.69, 9.17) is 16.3 Å². The maximum Gasteiger partial charge on any atom is 0.308 e. The lowest BCUT2D eigenvalue weighted by atomic mass is 9.96. The van der Waals surface area contributed by atoms with Gasteiger partial charge in [-0.3, -0.25) is 13.9 Å². The van der Waals surface area contributed by atoms with Crippen LogP contribution in [-0.4, -0.2) is 57.7 Å². The van der Waals surface area contributed by atoms with Gasteiger partial charge in [-0.2, -0.15) is 0 Å². The molecule has 0 aliphatic carbocycles. The highest BCUT2D eigenvalue weighted by Gasteiger charge is 2.31. The Morgan fingerprint density at radius 1 is 1.15 bits per heavy atom. The number of ether oxygens (including phenoxy) is 1. The summed E-state index contributed by atoms with van der Waals surface area (Å²) in [5.41, 5.74) is 0.748. The normalized spacial score (nSPS) is 20.4. The molecule has 2 saturated heterocycles. The van der Waals surface area contributed by atoms with Crippen LogP contribution in [0.15, 0.2) is 18.2 Å². The molecule has 0 bridgehead atoms. The van der Waals surface area contributed by atoms with E-state index >= 15 is 0 Å². The number of halogens is 1. The van der Waals surface area contributed by atoms with Crippen LogP contribution in [0.4, 0.5) is 5.69 Å².